The van der Waals surface area contributed by atoms with Gasteiger partial charge in [-0.3, -0.25) is 0 Å². The number of nitrogens with zero attached hydrogens (tertiary/aromatic N) is 6. The van der Waals surface area contributed by atoms with Crippen LogP contribution in [-0.2, 0) is 0 Å². The van der Waals surface area contributed by atoms with Crippen molar-refractivity contribution in [2.45, 2.75) is 33.2 Å². The molecule has 1 heterocycles. The maximum absolute atomic E-state index is 8.80. The summed E-state index contributed by atoms with van der Waals surface area (Å²) < 4.78 is 0. The van der Waals surface area contributed by atoms with E-state index in [0.29, 0.717) is 24.3 Å². The summed E-state index contributed by atoms with van der Waals surface area (Å²) in [6.07, 6.45) is 0.428. The van der Waals surface area contributed by atoms with Gasteiger partial charge < -0.3 is 15.1 Å². The molecule has 0 fully saturated rings. The van der Waals surface area contributed by atoms with Gasteiger partial charge >= 0.3 is 0 Å². The summed E-state index contributed by atoms with van der Waals surface area (Å²) in [5.74, 6) is 1.77. The number of aromatic nitrogens is 3. The van der Waals surface area contributed by atoms with Gasteiger partial charge in [0.2, 0.25) is 17.8 Å². The summed E-state index contributed by atoms with van der Waals surface area (Å²) in [6, 6.07) is 2.22. The summed E-state index contributed by atoms with van der Waals surface area (Å²) in [5.41, 5.74) is 0. The van der Waals surface area contributed by atoms with Gasteiger partial charge in [-0.25, -0.2) is 0 Å². The molecule has 0 radical (unpaired) electrons. The van der Waals surface area contributed by atoms with Crippen molar-refractivity contribution in [1.29, 1.82) is 5.26 Å². The molecular weight excluding hydrogens is 254 g/mol. The van der Waals surface area contributed by atoms with E-state index in [9.17, 15) is 0 Å². The molecule has 7 heteroatoms. The van der Waals surface area contributed by atoms with E-state index in [1.807, 2.05) is 18.9 Å². The van der Waals surface area contributed by atoms with Crippen LogP contribution in [0.3, 0.4) is 0 Å². The van der Waals surface area contributed by atoms with E-state index >= 15 is 0 Å². The smallest absolute Gasteiger partial charge is 0.231 e. The fraction of sp³-hybridized carbons (Fsp3) is 0.692. The largest absolute Gasteiger partial charge is 0.357 e. The van der Waals surface area contributed by atoms with E-state index in [1.54, 1.807) is 7.05 Å². The van der Waals surface area contributed by atoms with Crippen LogP contribution in [-0.4, -0.2) is 48.2 Å². The molecule has 0 amide bonds. The minimum Gasteiger partial charge on any atom is -0.357 e. The lowest BCUT2D eigenvalue weighted by Gasteiger charge is -2.25. The van der Waals surface area contributed by atoms with Crippen LogP contribution in [0.4, 0.5) is 17.8 Å². The second-order valence-electron chi connectivity index (χ2n) is 4.50. The molecule has 7 nitrogen and oxygen atoms in total. The predicted molar refractivity (Wildman–Crippen MR) is 81.0 cm³/mol. The summed E-state index contributed by atoms with van der Waals surface area (Å²) in [4.78, 5) is 17.2. The molecular formula is C13H23N7. The first-order chi connectivity index (χ1) is 9.57. The molecule has 1 aromatic heterocycles. The SMILES string of the molecule is CCN(CC)c1nc(NC)nc(N(C)C(C)CC#N)n1. The molecule has 0 spiro atoms. The molecule has 0 aromatic carbocycles. The van der Waals surface area contributed by atoms with Crippen LogP contribution < -0.4 is 15.1 Å². The number of anilines is 3. The minimum absolute atomic E-state index is 0.0525. The standard InChI is InChI=1S/C13H23N7/c1-6-20(7-2)13-17-11(15-4)16-12(18-13)19(5)10(3)8-9-14/h10H,6-8H2,1-5H3,(H,15,16,17,18). The Balaban J connectivity index is 3.13. The maximum Gasteiger partial charge on any atom is 0.231 e. The van der Waals surface area contributed by atoms with Crippen molar-refractivity contribution in [3.05, 3.63) is 0 Å². The fourth-order valence-electron chi connectivity index (χ4n) is 1.74. The summed E-state index contributed by atoms with van der Waals surface area (Å²) in [5, 5.41) is 11.8. The lowest BCUT2D eigenvalue weighted by Crippen LogP contribution is -2.32. The molecule has 1 atom stereocenters. The van der Waals surface area contributed by atoms with E-state index in [4.69, 9.17) is 5.26 Å². The first kappa shape index (κ1) is 16.0. The average Bonchev–Trinajstić information content (AvgIpc) is 2.47. The van der Waals surface area contributed by atoms with Crippen molar-refractivity contribution in [2.75, 3.05) is 42.3 Å². The van der Waals surface area contributed by atoms with Gasteiger partial charge in [-0.1, -0.05) is 0 Å². The number of nitriles is 1. The third-order valence-corrected chi connectivity index (χ3v) is 3.25. The second-order valence-corrected chi connectivity index (χ2v) is 4.50. The summed E-state index contributed by atoms with van der Waals surface area (Å²) in [6.45, 7) is 7.77. The van der Waals surface area contributed by atoms with E-state index in [-0.39, 0.29) is 6.04 Å². The van der Waals surface area contributed by atoms with Gasteiger partial charge in [-0.2, -0.15) is 20.2 Å². The predicted octanol–water partition coefficient (Wildman–Crippen LogP) is 1.50. The van der Waals surface area contributed by atoms with Crippen LogP contribution in [0.2, 0.25) is 0 Å². The third-order valence-electron chi connectivity index (χ3n) is 3.25. The Morgan fingerprint density at radius 3 is 2.30 bits per heavy atom. The molecule has 1 aromatic rings. The van der Waals surface area contributed by atoms with Crippen LogP contribution in [0.5, 0.6) is 0 Å². The average molecular weight is 277 g/mol. The van der Waals surface area contributed by atoms with Crippen LogP contribution in [0.25, 0.3) is 0 Å². The lowest BCUT2D eigenvalue weighted by molar-refractivity contribution is 0.678. The minimum atomic E-state index is 0.0525. The lowest BCUT2D eigenvalue weighted by atomic mass is 10.2. The van der Waals surface area contributed by atoms with E-state index in [0.717, 1.165) is 13.1 Å². The van der Waals surface area contributed by atoms with Crippen molar-refractivity contribution in [2.24, 2.45) is 0 Å². The van der Waals surface area contributed by atoms with Gasteiger partial charge in [0.25, 0.3) is 0 Å². The monoisotopic (exact) mass is 277 g/mol. The molecule has 0 aliphatic rings. The first-order valence-corrected chi connectivity index (χ1v) is 6.85. The Bertz CT molecular complexity index is 464. The van der Waals surface area contributed by atoms with Crippen LogP contribution >= 0.6 is 0 Å². The Labute approximate surface area is 120 Å². The van der Waals surface area contributed by atoms with Gasteiger partial charge in [-0.05, 0) is 20.8 Å². The zero-order chi connectivity index (χ0) is 15.1. The van der Waals surface area contributed by atoms with Crippen molar-refractivity contribution in [1.82, 2.24) is 15.0 Å². The highest BCUT2D eigenvalue weighted by Crippen LogP contribution is 2.17. The fourth-order valence-corrected chi connectivity index (χ4v) is 1.74. The van der Waals surface area contributed by atoms with Crippen molar-refractivity contribution < 1.29 is 0 Å². The zero-order valence-electron chi connectivity index (χ0n) is 12.9. The van der Waals surface area contributed by atoms with E-state index in [2.05, 4.69) is 45.1 Å². The number of rotatable bonds is 7. The first-order valence-electron chi connectivity index (χ1n) is 6.85. The molecule has 0 bridgehead atoms. The van der Waals surface area contributed by atoms with Gasteiger partial charge in [-0.15, -0.1) is 0 Å². The molecule has 110 valence electrons. The Hall–Kier alpha value is -2.10. The Kier molecular flexibility index (Phi) is 5.97. The molecule has 0 saturated heterocycles. The summed E-state index contributed by atoms with van der Waals surface area (Å²) >= 11 is 0. The molecule has 0 aliphatic carbocycles. The quantitative estimate of drug-likeness (QED) is 0.808. The van der Waals surface area contributed by atoms with Gasteiger partial charge in [0, 0.05) is 33.2 Å². The van der Waals surface area contributed by atoms with Crippen LogP contribution in [0.1, 0.15) is 27.2 Å². The highest BCUT2D eigenvalue weighted by atomic mass is 15.4. The molecule has 0 saturated carbocycles. The Morgan fingerprint density at radius 1 is 1.20 bits per heavy atom. The van der Waals surface area contributed by atoms with E-state index < -0.39 is 0 Å². The van der Waals surface area contributed by atoms with Crippen LogP contribution in [0, 0.1) is 11.3 Å². The van der Waals surface area contributed by atoms with Crippen LogP contribution in [0.15, 0.2) is 0 Å². The number of nitrogens with one attached hydrogen (secondary N) is 1. The summed E-state index contributed by atoms with van der Waals surface area (Å²) in [7, 11) is 3.67. The molecule has 0 aliphatic heterocycles. The molecule has 1 rings (SSSR count). The topological polar surface area (TPSA) is 81.0 Å². The zero-order valence-corrected chi connectivity index (χ0v) is 12.9. The molecule has 1 N–H and O–H groups in total. The van der Waals surface area contributed by atoms with Gasteiger partial charge in [0.1, 0.15) is 0 Å². The number of hydrogen-bond donors (Lipinski definition) is 1. The van der Waals surface area contributed by atoms with Gasteiger partial charge in [0.15, 0.2) is 0 Å². The molecule has 1 unspecified atom stereocenters. The molecule has 20 heavy (non-hydrogen) atoms. The highest BCUT2D eigenvalue weighted by molar-refractivity contribution is 5.45. The number of hydrogen-bond acceptors (Lipinski definition) is 7. The Morgan fingerprint density at radius 2 is 1.80 bits per heavy atom. The third kappa shape index (κ3) is 3.70. The van der Waals surface area contributed by atoms with Crippen molar-refractivity contribution >= 4 is 17.8 Å². The van der Waals surface area contributed by atoms with E-state index in [1.165, 1.54) is 0 Å². The van der Waals surface area contributed by atoms with Crippen molar-refractivity contribution in [3.63, 3.8) is 0 Å². The highest BCUT2D eigenvalue weighted by Gasteiger charge is 2.16. The second kappa shape index (κ2) is 7.48. The van der Waals surface area contributed by atoms with Crippen molar-refractivity contribution in [3.8, 4) is 6.07 Å². The maximum atomic E-state index is 8.80. The van der Waals surface area contributed by atoms with Gasteiger partial charge in [0.05, 0.1) is 12.5 Å². The normalized spacial score (nSPS) is 11.6.